The van der Waals surface area contributed by atoms with Crippen LogP contribution in [0.1, 0.15) is 38.7 Å². The summed E-state index contributed by atoms with van der Waals surface area (Å²) in [5.74, 6) is 2.46. The summed E-state index contributed by atoms with van der Waals surface area (Å²) in [6.07, 6.45) is 5.38. The Labute approximate surface area is 103 Å². The molecule has 17 heavy (non-hydrogen) atoms. The summed E-state index contributed by atoms with van der Waals surface area (Å²) < 4.78 is 0. The van der Waals surface area contributed by atoms with Crippen LogP contribution < -0.4 is 5.32 Å². The van der Waals surface area contributed by atoms with Gasteiger partial charge in [-0.2, -0.15) is 5.26 Å². The van der Waals surface area contributed by atoms with Crippen LogP contribution in [0.4, 0.5) is 5.82 Å². The van der Waals surface area contributed by atoms with E-state index in [2.05, 4.69) is 30.2 Å². The highest BCUT2D eigenvalue weighted by Gasteiger charge is 2.23. The van der Waals surface area contributed by atoms with Gasteiger partial charge in [0.1, 0.15) is 11.9 Å². The fourth-order valence-corrected chi connectivity index (χ4v) is 2.82. The lowest BCUT2D eigenvalue weighted by Gasteiger charge is -2.32. The minimum atomic E-state index is 0.522. The lowest BCUT2D eigenvalue weighted by molar-refractivity contribution is 0.280. The first-order valence-electron chi connectivity index (χ1n) is 6.30. The number of nitriles is 1. The predicted molar refractivity (Wildman–Crippen MR) is 68.5 cm³/mol. The van der Waals surface area contributed by atoms with Crippen LogP contribution in [0.25, 0.3) is 0 Å². The standard InChI is InChI=1S/C14H19N3/c1-10-5-11(2)7-13(6-10)17-14-4-3-12(8-15)9-16-14/h3-4,9-11,13H,5-7H2,1-2H3,(H,16,17). The summed E-state index contributed by atoms with van der Waals surface area (Å²) in [6.45, 7) is 4.63. The summed E-state index contributed by atoms with van der Waals surface area (Å²) in [7, 11) is 0. The SMILES string of the molecule is CC1CC(C)CC(Nc2ccc(C#N)cn2)C1. The van der Waals surface area contributed by atoms with Crippen molar-refractivity contribution in [1.29, 1.82) is 5.26 Å². The zero-order valence-electron chi connectivity index (χ0n) is 10.5. The average molecular weight is 229 g/mol. The highest BCUT2D eigenvalue weighted by atomic mass is 15.0. The number of aromatic nitrogens is 1. The molecule has 1 heterocycles. The molecule has 2 unspecified atom stereocenters. The van der Waals surface area contributed by atoms with Gasteiger partial charge in [-0.15, -0.1) is 0 Å². The molecule has 1 aromatic heterocycles. The van der Waals surface area contributed by atoms with E-state index in [1.165, 1.54) is 19.3 Å². The molecule has 1 aromatic rings. The number of hydrogen-bond donors (Lipinski definition) is 1. The zero-order chi connectivity index (χ0) is 12.3. The molecule has 1 saturated carbocycles. The van der Waals surface area contributed by atoms with Gasteiger partial charge in [-0.1, -0.05) is 13.8 Å². The van der Waals surface area contributed by atoms with Crippen LogP contribution in [-0.4, -0.2) is 11.0 Å². The third-order valence-corrected chi connectivity index (χ3v) is 3.42. The Balaban J connectivity index is 1.98. The van der Waals surface area contributed by atoms with Crippen LogP contribution in [0.2, 0.25) is 0 Å². The smallest absolute Gasteiger partial charge is 0.126 e. The Morgan fingerprint density at radius 1 is 1.24 bits per heavy atom. The van der Waals surface area contributed by atoms with Gasteiger partial charge in [0, 0.05) is 12.2 Å². The number of hydrogen-bond acceptors (Lipinski definition) is 3. The van der Waals surface area contributed by atoms with Crippen LogP contribution in [0.5, 0.6) is 0 Å². The highest BCUT2D eigenvalue weighted by Crippen LogP contribution is 2.30. The lowest BCUT2D eigenvalue weighted by atomic mass is 9.80. The van der Waals surface area contributed by atoms with Gasteiger partial charge in [-0.05, 0) is 43.2 Å². The molecule has 1 fully saturated rings. The molecule has 2 atom stereocenters. The molecule has 0 bridgehead atoms. The van der Waals surface area contributed by atoms with E-state index in [0.29, 0.717) is 11.6 Å². The fraction of sp³-hybridized carbons (Fsp3) is 0.571. The number of rotatable bonds is 2. The molecule has 1 aliphatic rings. The van der Waals surface area contributed by atoms with Gasteiger partial charge in [0.2, 0.25) is 0 Å². The number of nitrogens with one attached hydrogen (secondary N) is 1. The van der Waals surface area contributed by atoms with Gasteiger partial charge in [-0.25, -0.2) is 4.98 Å². The summed E-state index contributed by atoms with van der Waals surface area (Å²) in [6, 6.07) is 6.31. The van der Waals surface area contributed by atoms with Crippen molar-refractivity contribution in [3.63, 3.8) is 0 Å². The van der Waals surface area contributed by atoms with Crippen molar-refractivity contribution >= 4 is 5.82 Å². The molecule has 2 rings (SSSR count). The lowest BCUT2D eigenvalue weighted by Crippen LogP contribution is -2.30. The van der Waals surface area contributed by atoms with E-state index >= 15 is 0 Å². The molecule has 0 aliphatic heterocycles. The fourth-order valence-electron chi connectivity index (χ4n) is 2.82. The third kappa shape index (κ3) is 3.20. The van der Waals surface area contributed by atoms with Crippen LogP contribution in [0.15, 0.2) is 18.3 Å². The maximum Gasteiger partial charge on any atom is 0.126 e. The van der Waals surface area contributed by atoms with Crippen molar-refractivity contribution in [2.75, 3.05) is 5.32 Å². The topological polar surface area (TPSA) is 48.7 Å². The van der Waals surface area contributed by atoms with E-state index < -0.39 is 0 Å². The number of pyridine rings is 1. The van der Waals surface area contributed by atoms with Gasteiger partial charge in [0.25, 0.3) is 0 Å². The molecule has 0 radical (unpaired) electrons. The Bertz CT molecular complexity index is 394. The predicted octanol–water partition coefficient (Wildman–Crippen LogP) is 3.19. The molecule has 0 aromatic carbocycles. The third-order valence-electron chi connectivity index (χ3n) is 3.42. The van der Waals surface area contributed by atoms with Crippen molar-refractivity contribution in [1.82, 2.24) is 4.98 Å². The van der Waals surface area contributed by atoms with Crippen molar-refractivity contribution < 1.29 is 0 Å². The maximum atomic E-state index is 8.71. The molecule has 0 amide bonds. The molecule has 90 valence electrons. The quantitative estimate of drug-likeness (QED) is 0.847. The molecular weight excluding hydrogens is 210 g/mol. The summed E-state index contributed by atoms with van der Waals surface area (Å²) >= 11 is 0. The van der Waals surface area contributed by atoms with E-state index in [0.717, 1.165) is 17.7 Å². The van der Waals surface area contributed by atoms with E-state index in [4.69, 9.17) is 5.26 Å². The Kier molecular flexibility index (Phi) is 3.63. The van der Waals surface area contributed by atoms with Crippen molar-refractivity contribution in [3.05, 3.63) is 23.9 Å². The van der Waals surface area contributed by atoms with Gasteiger partial charge in [-0.3, -0.25) is 0 Å². The van der Waals surface area contributed by atoms with E-state index in [1.54, 1.807) is 6.20 Å². The van der Waals surface area contributed by atoms with E-state index in [-0.39, 0.29) is 0 Å². The first-order valence-corrected chi connectivity index (χ1v) is 6.30. The summed E-state index contributed by atoms with van der Waals surface area (Å²) in [5, 5.41) is 12.2. The van der Waals surface area contributed by atoms with E-state index in [9.17, 15) is 0 Å². The van der Waals surface area contributed by atoms with Crippen molar-refractivity contribution in [3.8, 4) is 6.07 Å². The Hall–Kier alpha value is -1.56. The molecule has 0 saturated heterocycles. The van der Waals surface area contributed by atoms with Crippen LogP contribution in [-0.2, 0) is 0 Å². The summed E-state index contributed by atoms with van der Waals surface area (Å²) in [5.41, 5.74) is 0.612. The first kappa shape index (κ1) is 11.9. The van der Waals surface area contributed by atoms with Gasteiger partial charge < -0.3 is 5.32 Å². The number of nitrogens with zero attached hydrogens (tertiary/aromatic N) is 2. The first-order chi connectivity index (χ1) is 8.17. The second kappa shape index (κ2) is 5.18. The molecule has 1 aliphatic carbocycles. The molecule has 3 heteroatoms. The van der Waals surface area contributed by atoms with Crippen molar-refractivity contribution in [2.24, 2.45) is 11.8 Å². The van der Waals surface area contributed by atoms with E-state index in [1.807, 2.05) is 12.1 Å². The Morgan fingerprint density at radius 2 is 1.94 bits per heavy atom. The average Bonchev–Trinajstić information content (AvgIpc) is 2.28. The van der Waals surface area contributed by atoms with Gasteiger partial charge in [0.15, 0.2) is 0 Å². The van der Waals surface area contributed by atoms with Gasteiger partial charge >= 0.3 is 0 Å². The molecular formula is C14H19N3. The number of anilines is 1. The monoisotopic (exact) mass is 229 g/mol. The molecule has 1 N–H and O–H groups in total. The van der Waals surface area contributed by atoms with Gasteiger partial charge in [0.05, 0.1) is 5.56 Å². The molecule has 0 spiro atoms. The molecule has 3 nitrogen and oxygen atoms in total. The summed E-state index contributed by atoms with van der Waals surface area (Å²) in [4.78, 5) is 4.26. The Morgan fingerprint density at radius 3 is 2.47 bits per heavy atom. The van der Waals surface area contributed by atoms with Crippen LogP contribution in [0, 0.1) is 23.2 Å². The normalized spacial score (nSPS) is 28.4. The van der Waals surface area contributed by atoms with Crippen LogP contribution in [0.3, 0.4) is 0 Å². The largest absolute Gasteiger partial charge is 0.367 e. The highest BCUT2D eigenvalue weighted by molar-refractivity contribution is 5.39. The van der Waals surface area contributed by atoms with Crippen LogP contribution >= 0.6 is 0 Å². The minimum Gasteiger partial charge on any atom is -0.367 e. The zero-order valence-corrected chi connectivity index (χ0v) is 10.5. The minimum absolute atomic E-state index is 0.522. The second-order valence-electron chi connectivity index (χ2n) is 5.30. The maximum absolute atomic E-state index is 8.71. The second-order valence-corrected chi connectivity index (χ2v) is 5.30. The van der Waals surface area contributed by atoms with Crippen molar-refractivity contribution in [2.45, 2.75) is 39.2 Å².